The van der Waals surface area contributed by atoms with E-state index in [0.29, 0.717) is 18.7 Å². The number of carbonyl (C=O) groups is 1. The second kappa shape index (κ2) is 8.15. The smallest absolute Gasteiger partial charge is 0.314 e. The maximum Gasteiger partial charge on any atom is 0.314 e. The molecular formula is C13H19N3O5. The van der Waals surface area contributed by atoms with Gasteiger partial charge in [-0.1, -0.05) is 0 Å². The van der Waals surface area contributed by atoms with Crippen molar-refractivity contribution in [2.24, 2.45) is 0 Å². The predicted octanol–water partition coefficient (Wildman–Crippen LogP) is 1.31. The van der Waals surface area contributed by atoms with E-state index in [2.05, 4.69) is 9.72 Å². The third-order valence-electron chi connectivity index (χ3n) is 2.97. The molecule has 0 aliphatic heterocycles. The van der Waals surface area contributed by atoms with Crippen LogP contribution in [0.3, 0.4) is 0 Å². The summed E-state index contributed by atoms with van der Waals surface area (Å²) < 4.78 is 9.59. The van der Waals surface area contributed by atoms with E-state index in [-0.39, 0.29) is 30.4 Å². The molecule has 0 unspecified atom stereocenters. The van der Waals surface area contributed by atoms with Gasteiger partial charge >= 0.3 is 11.7 Å². The molecule has 0 fully saturated rings. The Morgan fingerprint density at radius 2 is 2.14 bits per heavy atom. The first-order valence-electron chi connectivity index (χ1n) is 6.42. The summed E-state index contributed by atoms with van der Waals surface area (Å²) in [5, 5.41) is 11.2. The Kier molecular flexibility index (Phi) is 6.54. The minimum Gasteiger partial charge on any atom is -0.469 e. The molecule has 1 rings (SSSR count). The highest BCUT2D eigenvalue weighted by atomic mass is 16.6. The summed E-state index contributed by atoms with van der Waals surface area (Å²) in [5.41, 5.74) is 0.462. The lowest BCUT2D eigenvalue weighted by atomic mass is 10.2. The van der Waals surface area contributed by atoms with E-state index in [0.717, 1.165) is 0 Å². The zero-order chi connectivity index (χ0) is 15.8. The van der Waals surface area contributed by atoms with Gasteiger partial charge in [0, 0.05) is 32.0 Å². The Labute approximate surface area is 122 Å². The Morgan fingerprint density at radius 3 is 2.71 bits per heavy atom. The van der Waals surface area contributed by atoms with Crippen molar-refractivity contribution >= 4 is 17.5 Å². The lowest BCUT2D eigenvalue weighted by Crippen LogP contribution is -2.31. The first kappa shape index (κ1) is 16.8. The SMILES string of the molecule is COCCN(CCC(=O)OC)c1nccc(C)c1[N+](=O)[O-]. The molecule has 0 spiro atoms. The molecule has 0 aromatic carbocycles. The Bertz CT molecular complexity index is 507. The monoisotopic (exact) mass is 297 g/mol. The van der Waals surface area contributed by atoms with Crippen molar-refractivity contribution in [1.82, 2.24) is 4.98 Å². The molecule has 0 saturated carbocycles. The van der Waals surface area contributed by atoms with Crippen molar-refractivity contribution in [3.05, 3.63) is 27.9 Å². The zero-order valence-corrected chi connectivity index (χ0v) is 12.4. The number of aryl methyl sites for hydroxylation is 1. The van der Waals surface area contributed by atoms with Crippen LogP contribution >= 0.6 is 0 Å². The number of pyridine rings is 1. The van der Waals surface area contributed by atoms with Gasteiger partial charge in [0.25, 0.3) is 0 Å². The molecule has 0 N–H and O–H groups in total. The molecule has 0 bridgehead atoms. The summed E-state index contributed by atoms with van der Waals surface area (Å²) in [4.78, 5) is 27.8. The van der Waals surface area contributed by atoms with Crippen molar-refractivity contribution < 1.29 is 19.2 Å². The van der Waals surface area contributed by atoms with Gasteiger partial charge in [0.1, 0.15) is 0 Å². The molecule has 0 aliphatic carbocycles. The average molecular weight is 297 g/mol. The van der Waals surface area contributed by atoms with Crippen LogP contribution in [0.1, 0.15) is 12.0 Å². The number of rotatable bonds is 8. The van der Waals surface area contributed by atoms with Gasteiger partial charge in [-0.2, -0.15) is 0 Å². The number of esters is 1. The van der Waals surface area contributed by atoms with E-state index >= 15 is 0 Å². The lowest BCUT2D eigenvalue weighted by Gasteiger charge is -2.23. The number of anilines is 1. The highest BCUT2D eigenvalue weighted by Gasteiger charge is 2.23. The number of hydrogen-bond donors (Lipinski definition) is 0. The summed E-state index contributed by atoms with van der Waals surface area (Å²) in [7, 11) is 2.84. The van der Waals surface area contributed by atoms with Crippen LogP contribution in [0, 0.1) is 17.0 Å². The number of carbonyl (C=O) groups excluding carboxylic acids is 1. The molecule has 8 nitrogen and oxygen atoms in total. The fourth-order valence-electron chi connectivity index (χ4n) is 1.85. The fraction of sp³-hybridized carbons (Fsp3) is 0.538. The van der Waals surface area contributed by atoms with E-state index in [1.54, 1.807) is 17.9 Å². The Hall–Kier alpha value is -2.22. The number of nitrogens with zero attached hydrogens (tertiary/aromatic N) is 3. The van der Waals surface area contributed by atoms with Crippen LogP contribution in [0.4, 0.5) is 11.5 Å². The predicted molar refractivity (Wildman–Crippen MR) is 76.4 cm³/mol. The van der Waals surface area contributed by atoms with Crippen LogP contribution in [0.5, 0.6) is 0 Å². The van der Waals surface area contributed by atoms with Gasteiger partial charge in [0.2, 0.25) is 5.82 Å². The number of ether oxygens (including phenoxy) is 2. The maximum atomic E-state index is 11.3. The third-order valence-corrected chi connectivity index (χ3v) is 2.97. The molecule has 1 aromatic rings. The molecule has 0 radical (unpaired) electrons. The number of nitro groups is 1. The molecule has 8 heteroatoms. The zero-order valence-electron chi connectivity index (χ0n) is 12.4. The van der Waals surface area contributed by atoms with E-state index in [9.17, 15) is 14.9 Å². The molecule has 1 aromatic heterocycles. The van der Waals surface area contributed by atoms with Gasteiger partial charge in [0.15, 0.2) is 0 Å². The second-order valence-corrected chi connectivity index (χ2v) is 4.36. The minimum absolute atomic E-state index is 0.0570. The van der Waals surface area contributed by atoms with Gasteiger partial charge in [-0.25, -0.2) is 4.98 Å². The van der Waals surface area contributed by atoms with Crippen LogP contribution in [0.2, 0.25) is 0 Å². The van der Waals surface area contributed by atoms with Crippen molar-refractivity contribution in [1.29, 1.82) is 0 Å². The van der Waals surface area contributed by atoms with Crippen LogP contribution in [0.15, 0.2) is 12.3 Å². The third kappa shape index (κ3) is 4.67. The number of methoxy groups -OCH3 is 2. The van der Waals surface area contributed by atoms with Crippen LogP contribution in [-0.4, -0.2) is 49.8 Å². The summed E-state index contributed by atoms with van der Waals surface area (Å²) in [6, 6.07) is 1.58. The molecule has 116 valence electrons. The van der Waals surface area contributed by atoms with Crippen LogP contribution in [0.25, 0.3) is 0 Å². The second-order valence-electron chi connectivity index (χ2n) is 4.36. The topological polar surface area (TPSA) is 94.8 Å². The lowest BCUT2D eigenvalue weighted by molar-refractivity contribution is -0.384. The van der Waals surface area contributed by atoms with E-state index in [4.69, 9.17) is 4.74 Å². The van der Waals surface area contributed by atoms with Gasteiger partial charge in [-0.15, -0.1) is 0 Å². The average Bonchev–Trinajstić information content (AvgIpc) is 2.46. The molecule has 21 heavy (non-hydrogen) atoms. The Balaban J connectivity index is 3.04. The first-order chi connectivity index (χ1) is 10.0. The van der Waals surface area contributed by atoms with Gasteiger partial charge in [0.05, 0.1) is 25.1 Å². The summed E-state index contributed by atoms with van der Waals surface area (Å²) in [6.07, 6.45) is 1.63. The highest BCUT2D eigenvalue weighted by Crippen LogP contribution is 2.28. The summed E-state index contributed by atoms with van der Waals surface area (Å²) in [5.74, 6) is -0.145. The number of hydrogen-bond acceptors (Lipinski definition) is 7. The van der Waals surface area contributed by atoms with Crippen molar-refractivity contribution in [3.8, 4) is 0 Å². The standard InChI is InChI=1S/C13H19N3O5/c1-10-4-6-14-13(12(10)16(18)19)15(8-9-20-2)7-5-11(17)21-3/h4,6H,5,7-9H2,1-3H3. The van der Waals surface area contributed by atoms with Crippen LogP contribution < -0.4 is 4.90 Å². The molecule has 0 atom stereocenters. The Morgan fingerprint density at radius 1 is 1.43 bits per heavy atom. The van der Waals surface area contributed by atoms with Gasteiger partial charge in [-0.3, -0.25) is 14.9 Å². The molecular weight excluding hydrogens is 278 g/mol. The van der Waals surface area contributed by atoms with Gasteiger partial charge in [-0.05, 0) is 13.0 Å². The van der Waals surface area contributed by atoms with E-state index in [1.165, 1.54) is 20.4 Å². The molecule has 0 aliphatic rings. The fourth-order valence-corrected chi connectivity index (χ4v) is 1.85. The van der Waals surface area contributed by atoms with E-state index < -0.39 is 4.92 Å². The quantitative estimate of drug-likeness (QED) is 0.405. The van der Waals surface area contributed by atoms with Crippen molar-refractivity contribution in [2.45, 2.75) is 13.3 Å². The number of aromatic nitrogens is 1. The maximum absolute atomic E-state index is 11.3. The van der Waals surface area contributed by atoms with Crippen LogP contribution in [-0.2, 0) is 14.3 Å². The van der Waals surface area contributed by atoms with E-state index in [1.807, 2.05) is 0 Å². The largest absolute Gasteiger partial charge is 0.469 e. The summed E-state index contributed by atoms with van der Waals surface area (Å²) in [6.45, 7) is 2.68. The molecule has 1 heterocycles. The summed E-state index contributed by atoms with van der Waals surface area (Å²) >= 11 is 0. The van der Waals surface area contributed by atoms with Crippen molar-refractivity contribution in [2.75, 3.05) is 38.8 Å². The molecule has 0 amide bonds. The minimum atomic E-state index is -0.463. The highest BCUT2D eigenvalue weighted by molar-refractivity contribution is 5.70. The van der Waals surface area contributed by atoms with Crippen molar-refractivity contribution in [3.63, 3.8) is 0 Å². The first-order valence-corrected chi connectivity index (χ1v) is 6.42. The molecule has 0 saturated heterocycles. The van der Waals surface area contributed by atoms with Gasteiger partial charge < -0.3 is 14.4 Å². The normalized spacial score (nSPS) is 10.2.